The molecule has 1 heterocycles. The Balaban J connectivity index is 0.00000208. The molecule has 3 rings (SSSR count). The number of aliphatic hydroxyl groups excluding tert-OH is 1. The molecule has 0 bridgehead atoms. The van der Waals surface area contributed by atoms with Crippen molar-refractivity contribution in [3.05, 3.63) is 65.2 Å². The second kappa shape index (κ2) is 8.72. The monoisotopic (exact) mass is 366 g/mol. The largest absolute Gasteiger partial charge is 0.387 e. The lowest BCUT2D eigenvalue weighted by molar-refractivity contribution is 0.0546. The van der Waals surface area contributed by atoms with Crippen LogP contribution in [-0.4, -0.2) is 42.2 Å². The number of benzene rings is 2. The first-order chi connectivity index (χ1) is 11.1. The van der Waals surface area contributed by atoms with E-state index in [1.807, 2.05) is 48.5 Å². The molecule has 2 aromatic rings. The van der Waals surface area contributed by atoms with Crippen molar-refractivity contribution in [2.45, 2.75) is 19.1 Å². The van der Waals surface area contributed by atoms with Crippen LogP contribution in [0, 0.1) is 0 Å². The second-order valence-electron chi connectivity index (χ2n) is 6.10. The molecule has 3 nitrogen and oxygen atoms in total. The van der Waals surface area contributed by atoms with Gasteiger partial charge in [-0.15, -0.1) is 12.4 Å². The maximum absolute atomic E-state index is 10.6. The van der Waals surface area contributed by atoms with Crippen LogP contribution in [0.5, 0.6) is 0 Å². The van der Waals surface area contributed by atoms with Crippen molar-refractivity contribution in [3.63, 3.8) is 0 Å². The molecule has 1 aliphatic rings. The van der Waals surface area contributed by atoms with E-state index in [1.165, 1.54) is 5.69 Å². The maximum Gasteiger partial charge on any atom is 0.0942 e. The van der Waals surface area contributed by atoms with Gasteiger partial charge in [0.2, 0.25) is 0 Å². The number of piperazine rings is 1. The van der Waals surface area contributed by atoms with Crippen LogP contribution in [0.15, 0.2) is 54.6 Å². The third-order valence-corrected chi connectivity index (χ3v) is 4.90. The van der Waals surface area contributed by atoms with E-state index in [2.05, 4.69) is 22.8 Å². The Hall–Kier alpha value is -1.26. The Morgan fingerprint density at radius 2 is 1.62 bits per heavy atom. The van der Waals surface area contributed by atoms with Gasteiger partial charge in [0, 0.05) is 42.9 Å². The molecular formula is C19H24Cl2N2O. The fourth-order valence-electron chi connectivity index (χ4n) is 3.19. The van der Waals surface area contributed by atoms with Gasteiger partial charge in [-0.25, -0.2) is 0 Å². The Morgan fingerprint density at radius 3 is 2.25 bits per heavy atom. The minimum atomic E-state index is -0.450. The van der Waals surface area contributed by atoms with E-state index in [0.29, 0.717) is 0 Å². The van der Waals surface area contributed by atoms with Crippen molar-refractivity contribution in [2.75, 3.05) is 31.1 Å². The summed E-state index contributed by atoms with van der Waals surface area (Å²) in [5.74, 6) is 0. The van der Waals surface area contributed by atoms with Gasteiger partial charge in [-0.2, -0.15) is 0 Å². The van der Waals surface area contributed by atoms with Crippen LogP contribution in [0.3, 0.4) is 0 Å². The molecule has 2 atom stereocenters. The fraction of sp³-hybridized carbons (Fsp3) is 0.368. The summed E-state index contributed by atoms with van der Waals surface area (Å²) in [4.78, 5) is 4.71. The van der Waals surface area contributed by atoms with Crippen LogP contribution in [0.1, 0.15) is 18.6 Å². The molecule has 2 aromatic carbocycles. The zero-order valence-corrected chi connectivity index (χ0v) is 15.4. The van der Waals surface area contributed by atoms with E-state index in [9.17, 15) is 5.11 Å². The molecule has 0 aliphatic carbocycles. The summed E-state index contributed by atoms with van der Waals surface area (Å²) in [5.41, 5.74) is 2.16. The van der Waals surface area contributed by atoms with Gasteiger partial charge in [-0.05, 0) is 30.7 Å². The van der Waals surface area contributed by atoms with Crippen LogP contribution >= 0.6 is 24.0 Å². The second-order valence-corrected chi connectivity index (χ2v) is 6.54. The molecule has 0 saturated carbocycles. The van der Waals surface area contributed by atoms with Gasteiger partial charge in [0.15, 0.2) is 0 Å². The lowest BCUT2D eigenvalue weighted by Gasteiger charge is -2.40. The van der Waals surface area contributed by atoms with Gasteiger partial charge in [-0.1, -0.05) is 48.0 Å². The van der Waals surface area contributed by atoms with E-state index in [0.717, 1.165) is 36.8 Å². The van der Waals surface area contributed by atoms with Crippen molar-refractivity contribution in [2.24, 2.45) is 0 Å². The van der Waals surface area contributed by atoms with Gasteiger partial charge in [0.05, 0.1) is 6.10 Å². The first-order valence-corrected chi connectivity index (χ1v) is 8.50. The molecule has 0 spiro atoms. The lowest BCUT2D eigenvalue weighted by atomic mass is 10.0. The Labute approximate surface area is 155 Å². The molecule has 1 fully saturated rings. The number of anilines is 1. The summed E-state index contributed by atoms with van der Waals surface area (Å²) >= 11 is 6.08. The minimum Gasteiger partial charge on any atom is -0.387 e. The lowest BCUT2D eigenvalue weighted by Crippen LogP contribution is -2.51. The fourth-order valence-corrected chi connectivity index (χ4v) is 3.37. The SMILES string of the molecule is CC(C(O)c1ccccc1)N1CCN(c2cccc(Cl)c2)CC1.Cl. The molecule has 1 aliphatic heterocycles. The highest BCUT2D eigenvalue weighted by Gasteiger charge is 2.26. The van der Waals surface area contributed by atoms with Crippen LogP contribution < -0.4 is 4.90 Å². The molecule has 0 aromatic heterocycles. The molecule has 24 heavy (non-hydrogen) atoms. The quantitative estimate of drug-likeness (QED) is 0.885. The molecule has 2 unspecified atom stereocenters. The highest BCUT2D eigenvalue weighted by atomic mass is 35.5. The number of halogens is 2. The zero-order valence-electron chi connectivity index (χ0n) is 13.8. The zero-order chi connectivity index (χ0) is 16.2. The highest BCUT2D eigenvalue weighted by Crippen LogP contribution is 2.24. The predicted molar refractivity (Wildman–Crippen MR) is 103 cm³/mol. The van der Waals surface area contributed by atoms with Gasteiger partial charge in [0.1, 0.15) is 0 Å². The van der Waals surface area contributed by atoms with Crippen molar-refractivity contribution >= 4 is 29.7 Å². The topological polar surface area (TPSA) is 26.7 Å². The molecule has 0 radical (unpaired) electrons. The third kappa shape index (κ3) is 4.42. The molecule has 1 N–H and O–H groups in total. The average Bonchev–Trinajstić information content (AvgIpc) is 2.61. The normalized spacial score (nSPS) is 17.9. The van der Waals surface area contributed by atoms with E-state index < -0.39 is 6.10 Å². The molecular weight excluding hydrogens is 343 g/mol. The number of hydrogen-bond donors (Lipinski definition) is 1. The highest BCUT2D eigenvalue weighted by molar-refractivity contribution is 6.30. The molecule has 130 valence electrons. The van der Waals surface area contributed by atoms with E-state index in [4.69, 9.17) is 11.6 Å². The van der Waals surface area contributed by atoms with E-state index in [1.54, 1.807) is 0 Å². The number of nitrogens with zero attached hydrogens (tertiary/aromatic N) is 2. The number of rotatable bonds is 4. The maximum atomic E-state index is 10.6. The number of hydrogen-bond acceptors (Lipinski definition) is 3. The standard InChI is InChI=1S/C19H23ClN2O.ClH/c1-15(19(23)16-6-3-2-4-7-16)21-10-12-22(13-11-21)18-9-5-8-17(20)14-18;/h2-9,14-15,19,23H,10-13H2,1H3;1H. The smallest absolute Gasteiger partial charge is 0.0942 e. The average molecular weight is 367 g/mol. The van der Waals surface area contributed by atoms with Gasteiger partial charge >= 0.3 is 0 Å². The summed E-state index contributed by atoms with van der Waals surface area (Å²) in [6, 6.07) is 18.0. The summed E-state index contributed by atoms with van der Waals surface area (Å²) in [7, 11) is 0. The summed E-state index contributed by atoms with van der Waals surface area (Å²) in [6.45, 7) is 5.89. The Bertz CT molecular complexity index is 630. The van der Waals surface area contributed by atoms with Gasteiger partial charge in [-0.3, -0.25) is 4.90 Å². The third-order valence-electron chi connectivity index (χ3n) is 4.66. The molecule has 0 amide bonds. The van der Waals surface area contributed by atoms with Crippen molar-refractivity contribution < 1.29 is 5.11 Å². The van der Waals surface area contributed by atoms with E-state index >= 15 is 0 Å². The summed E-state index contributed by atoms with van der Waals surface area (Å²) < 4.78 is 0. The summed E-state index contributed by atoms with van der Waals surface area (Å²) in [6.07, 6.45) is -0.450. The van der Waals surface area contributed by atoms with Crippen molar-refractivity contribution in [3.8, 4) is 0 Å². The molecule has 5 heteroatoms. The van der Waals surface area contributed by atoms with Crippen molar-refractivity contribution in [1.82, 2.24) is 4.90 Å². The number of aliphatic hydroxyl groups is 1. The first kappa shape index (κ1) is 19.1. The first-order valence-electron chi connectivity index (χ1n) is 8.13. The van der Waals surface area contributed by atoms with Crippen molar-refractivity contribution in [1.29, 1.82) is 0 Å². The predicted octanol–water partition coefficient (Wildman–Crippen LogP) is 4.01. The van der Waals surface area contributed by atoms with Crippen LogP contribution in [0.2, 0.25) is 5.02 Å². The molecule has 1 saturated heterocycles. The van der Waals surface area contributed by atoms with Gasteiger partial charge < -0.3 is 10.0 Å². The minimum absolute atomic E-state index is 0. The van der Waals surface area contributed by atoms with Crippen LogP contribution in [0.4, 0.5) is 5.69 Å². The van der Waals surface area contributed by atoms with E-state index in [-0.39, 0.29) is 18.4 Å². The summed E-state index contributed by atoms with van der Waals surface area (Å²) in [5, 5.41) is 11.4. The Morgan fingerprint density at radius 1 is 0.958 bits per heavy atom. The van der Waals surface area contributed by atoms with Gasteiger partial charge in [0.25, 0.3) is 0 Å². The van der Waals surface area contributed by atoms with Crippen LogP contribution in [0.25, 0.3) is 0 Å². The van der Waals surface area contributed by atoms with Crippen LogP contribution in [-0.2, 0) is 0 Å². The Kier molecular flexibility index (Phi) is 6.93.